The van der Waals surface area contributed by atoms with Gasteiger partial charge in [-0.3, -0.25) is 4.79 Å². The van der Waals surface area contributed by atoms with Crippen molar-refractivity contribution in [3.05, 3.63) is 53.6 Å². The van der Waals surface area contributed by atoms with Crippen molar-refractivity contribution in [2.45, 2.75) is 13.3 Å². The number of nitrogen functional groups attached to an aromatic ring is 1. The maximum atomic E-state index is 13.5. The number of amides is 1. The van der Waals surface area contributed by atoms with Crippen LogP contribution in [0.2, 0.25) is 0 Å². The number of carbonyl (C=O) groups is 1. The van der Waals surface area contributed by atoms with Crippen molar-refractivity contribution in [2.24, 2.45) is 0 Å². The number of carbonyl (C=O) groups excluding carboxylic acids is 1. The summed E-state index contributed by atoms with van der Waals surface area (Å²) < 4.78 is 31.7. The Balaban J connectivity index is 2.14. The van der Waals surface area contributed by atoms with Gasteiger partial charge in [0.05, 0.1) is 18.0 Å². The van der Waals surface area contributed by atoms with Crippen LogP contribution < -0.4 is 15.8 Å². The average molecular weight is 306 g/mol. The molecule has 0 aliphatic carbocycles. The molecule has 1 amide bonds. The minimum Gasteiger partial charge on any atom is -0.491 e. The van der Waals surface area contributed by atoms with Crippen molar-refractivity contribution in [1.29, 1.82) is 0 Å². The van der Waals surface area contributed by atoms with Gasteiger partial charge in [-0.25, -0.2) is 8.78 Å². The molecule has 0 radical (unpaired) electrons. The highest BCUT2D eigenvalue weighted by molar-refractivity contribution is 6.05. The lowest BCUT2D eigenvalue weighted by atomic mass is 10.1. The number of rotatable bonds is 5. The molecule has 116 valence electrons. The van der Waals surface area contributed by atoms with Gasteiger partial charge in [0, 0.05) is 11.6 Å². The molecule has 2 aromatic carbocycles. The van der Waals surface area contributed by atoms with Gasteiger partial charge < -0.3 is 15.8 Å². The lowest BCUT2D eigenvalue weighted by Crippen LogP contribution is -2.13. The second-order valence-corrected chi connectivity index (χ2v) is 4.68. The second kappa shape index (κ2) is 6.89. The Morgan fingerprint density at radius 2 is 2.00 bits per heavy atom. The van der Waals surface area contributed by atoms with Crippen molar-refractivity contribution < 1.29 is 18.3 Å². The van der Waals surface area contributed by atoms with Crippen LogP contribution in [0.3, 0.4) is 0 Å². The lowest BCUT2D eigenvalue weighted by Gasteiger charge is -2.10. The highest BCUT2D eigenvalue weighted by Crippen LogP contribution is 2.24. The largest absolute Gasteiger partial charge is 0.491 e. The summed E-state index contributed by atoms with van der Waals surface area (Å²) in [7, 11) is 0. The van der Waals surface area contributed by atoms with Gasteiger partial charge in [-0.1, -0.05) is 6.92 Å². The van der Waals surface area contributed by atoms with Crippen LogP contribution in [-0.2, 0) is 0 Å². The highest BCUT2D eigenvalue weighted by Gasteiger charge is 2.12. The van der Waals surface area contributed by atoms with E-state index in [9.17, 15) is 13.6 Å². The molecular weight excluding hydrogens is 290 g/mol. The lowest BCUT2D eigenvalue weighted by molar-refractivity contribution is 0.102. The van der Waals surface area contributed by atoms with Crippen molar-refractivity contribution in [2.75, 3.05) is 17.7 Å². The first-order valence-electron chi connectivity index (χ1n) is 6.80. The summed E-state index contributed by atoms with van der Waals surface area (Å²) >= 11 is 0. The molecule has 0 spiro atoms. The summed E-state index contributed by atoms with van der Waals surface area (Å²) in [5.74, 6) is -1.60. The van der Waals surface area contributed by atoms with Gasteiger partial charge in [-0.05, 0) is 36.8 Å². The van der Waals surface area contributed by atoms with E-state index >= 15 is 0 Å². The third-order valence-corrected chi connectivity index (χ3v) is 2.91. The van der Waals surface area contributed by atoms with Crippen LogP contribution in [0.5, 0.6) is 5.75 Å². The van der Waals surface area contributed by atoms with E-state index in [4.69, 9.17) is 10.5 Å². The van der Waals surface area contributed by atoms with Crippen LogP contribution >= 0.6 is 0 Å². The molecule has 6 heteroatoms. The number of nitrogens with two attached hydrogens (primary N) is 1. The zero-order chi connectivity index (χ0) is 16.1. The summed E-state index contributed by atoms with van der Waals surface area (Å²) in [5.41, 5.74) is 6.29. The van der Waals surface area contributed by atoms with Crippen LogP contribution in [0.15, 0.2) is 36.4 Å². The molecule has 0 atom stereocenters. The first-order chi connectivity index (χ1) is 10.5. The molecule has 0 fully saturated rings. The zero-order valence-electron chi connectivity index (χ0n) is 12.0. The van der Waals surface area contributed by atoms with Gasteiger partial charge in [0.25, 0.3) is 5.91 Å². The van der Waals surface area contributed by atoms with Crippen molar-refractivity contribution in [3.63, 3.8) is 0 Å². The molecule has 0 unspecified atom stereocenters. The van der Waals surface area contributed by atoms with Crippen molar-refractivity contribution in [1.82, 2.24) is 0 Å². The van der Waals surface area contributed by atoms with E-state index in [1.165, 1.54) is 12.1 Å². The molecular formula is C16H16F2N2O2. The van der Waals surface area contributed by atoms with E-state index in [1.54, 1.807) is 6.07 Å². The van der Waals surface area contributed by atoms with E-state index in [0.29, 0.717) is 24.1 Å². The second-order valence-electron chi connectivity index (χ2n) is 4.68. The minimum absolute atomic E-state index is 0.101. The van der Waals surface area contributed by atoms with Gasteiger partial charge in [0.15, 0.2) is 0 Å². The standard InChI is InChI=1S/C16H16F2N2O2/c1-2-7-22-15-6-3-10(8-13(15)19)16(21)20-14-5-4-11(17)9-12(14)18/h3-6,8-9H,2,7,19H2,1H3,(H,20,21). The Bertz CT molecular complexity index is 690. The number of hydrogen-bond acceptors (Lipinski definition) is 3. The number of ether oxygens (including phenoxy) is 1. The highest BCUT2D eigenvalue weighted by atomic mass is 19.1. The first-order valence-corrected chi connectivity index (χ1v) is 6.80. The van der Waals surface area contributed by atoms with Crippen LogP contribution in [0.1, 0.15) is 23.7 Å². The fourth-order valence-corrected chi connectivity index (χ4v) is 1.82. The number of benzene rings is 2. The predicted molar refractivity (Wildman–Crippen MR) is 81.0 cm³/mol. The van der Waals surface area contributed by atoms with Crippen LogP contribution in [0.25, 0.3) is 0 Å². The summed E-state index contributed by atoms with van der Waals surface area (Å²) in [6.07, 6.45) is 0.839. The Hall–Kier alpha value is -2.63. The SMILES string of the molecule is CCCOc1ccc(C(=O)Nc2ccc(F)cc2F)cc1N. The Labute approximate surface area is 126 Å². The third kappa shape index (κ3) is 3.72. The predicted octanol–water partition coefficient (Wildman–Crippen LogP) is 3.59. The van der Waals surface area contributed by atoms with E-state index in [0.717, 1.165) is 18.6 Å². The summed E-state index contributed by atoms with van der Waals surface area (Å²) in [6, 6.07) is 7.48. The Kier molecular flexibility index (Phi) is 4.93. The van der Waals surface area contributed by atoms with Gasteiger partial charge in [0.2, 0.25) is 0 Å². The quantitative estimate of drug-likeness (QED) is 0.830. The molecule has 4 nitrogen and oxygen atoms in total. The third-order valence-electron chi connectivity index (χ3n) is 2.91. The van der Waals surface area contributed by atoms with Gasteiger partial charge >= 0.3 is 0 Å². The van der Waals surface area contributed by atoms with Crippen LogP contribution in [-0.4, -0.2) is 12.5 Å². The monoisotopic (exact) mass is 306 g/mol. The number of hydrogen-bond donors (Lipinski definition) is 2. The number of anilines is 2. The van der Waals surface area contributed by atoms with E-state index in [1.807, 2.05) is 6.92 Å². The van der Waals surface area contributed by atoms with E-state index in [2.05, 4.69) is 5.32 Å². The first kappa shape index (κ1) is 15.8. The normalized spacial score (nSPS) is 10.3. The van der Waals surface area contributed by atoms with Gasteiger partial charge in [0.1, 0.15) is 17.4 Å². The maximum Gasteiger partial charge on any atom is 0.255 e. The molecule has 0 saturated heterocycles. The molecule has 22 heavy (non-hydrogen) atoms. The number of nitrogens with one attached hydrogen (secondary N) is 1. The topological polar surface area (TPSA) is 64.3 Å². The van der Waals surface area contributed by atoms with Crippen molar-refractivity contribution in [3.8, 4) is 5.75 Å². The van der Waals surface area contributed by atoms with Crippen LogP contribution in [0, 0.1) is 11.6 Å². The molecule has 0 saturated carbocycles. The van der Waals surface area contributed by atoms with E-state index < -0.39 is 17.5 Å². The molecule has 0 bridgehead atoms. The van der Waals surface area contributed by atoms with Gasteiger partial charge in [-0.15, -0.1) is 0 Å². The average Bonchev–Trinajstić information content (AvgIpc) is 2.48. The number of halogens is 2. The molecule has 0 aliphatic heterocycles. The van der Waals surface area contributed by atoms with Crippen molar-refractivity contribution >= 4 is 17.3 Å². The fourth-order valence-electron chi connectivity index (χ4n) is 1.82. The summed E-state index contributed by atoms with van der Waals surface area (Å²) in [4.78, 5) is 12.1. The molecule has 3 N–H and O–H groups in total. The fraction of sp³-hybridized carbons (Fsp3) is 0.188. The maximum absolute atomic E-state index is 13.5. The smallest absolute Gasteiger partial charge is 0.255 e. The summed E-state index contributed by atoms with van der Waals surface area (Å²) in [6.45, 7) is 2.49. The molecule has 0 aromatic heterocycles. The van der Waals surface area contributed by atoms with Crippen LogP contribution in [0.4, 0.5) is 20.2 Å². The summed E-state index contributed by atoms with van der Waals surface area (Å²) in [5, 5.41) is 2.37. The van der Waals surface area contributed by atoms with E-state index in [-0.39, 0.29) is 11.3 Å². The Morgan fingerprint density at radius 3 is 2.64 bits per heavy atom. The molecule has 0 aliphatic rings. The molecule has 0 heterocycles. The zero-order valence-corrected chi connectivity index (χ0v) is 12.0. The van der Waals surface area contributed by atoms with Gasteiger partial charge in [-0.2, -0.15) is 0 Å². The Morgan fingerprint density at radius 1 is 1.23 bits per heavy atom. The minimum atomic E-state index is -0.843. The molecule has 2 aromatic rings. The molecule has 2 rings (SSSR count).